The maximum Gasteiger partial charge on any atom is 0.180 e. The Hall–Kier alpha value is -2.89. The minimum absolute atomic E-state index is 0.277. The van der Waals surface area contributed by atoms with Gasteiger partial charge in [0.05, 0.1) is 18.5 Å². The van der Waals surface area contributed by atoms with Crippen LogP contribution in [0.1, 0.15) is 35.3 Å². The number of aliphatic hydroxyl groups is 2. The van der Waals surface area contributed by atoms with E-state index >= 15 is 0 Å². The average molecular weight is 376 g/mol. The largest absolute Gasteiger partial charge is 0.493 e. The summed E-state index contributed by atoms with van der Waals surface area (Å²) in [5.74, 6) is 1.20. The second-order valence-electron chi connectivity index (χ2n) is 7.17. The highest BCUT2D eigenvalue weighted by Gasteiger charge is 2.22. The Bertz CT molecular complexity index is 972. The number of benzene rings is 2. The number of hydrogen-bond donors (Lipinski definition) is 3. The number of ether oxygens (including phenoxy) is 1. The summed E-state index contributed by atoms with van der Waals surface area (Å²) in [5.41, 5.74) is 5.80. The van der Waals surface area contributed by atoms with Crippen LogP contribution in [0, 0.1) is 6.92 Å². The summed E-state index contributed by atoms with van der Waals surface area (Å²) in [6, 6.07) is 16.5. The van der Waals surface area contributed by atoms with Crippen molar-refractivity contribution >= 4 is 5.69 Å². The maximum atomic E-state index is 9.53. The molecule has 0 saturated carbocycles. The normalized spacial score (nSPS) is 15.8. The molecule has 0 aliphatic carbocycles. The van der Waals surface area contributed by atoms with Gasteiger partial charge in [-0.25, -0.2) is 0 Å². The molecule has 5 nitrogen and oxygen atoms in total. The van der Waals surface area contributed by atoms with Gasteiger partial charge in [-0.3, -0.25) is 4.98 Å². The summed E-state index contributed by atoms with van der Waals surface area (Å²) in [7, 11) is 0. The molecular formula is C23H24N2O3. The van der Waals surface area contributed by atoms with Crippen LogP contribution in [0.3, 0.4) is 0 Å². The number of nitrogens with one attached hydrogen (secondary N) is 1. The van der Waals surface area contributed by atoms with Crippen molar-refractivity contribution in [2.24, 2.45) is 0 Å². The fraction of sp³-hybridized carbons (Fsp3) is 0.261. The second-order valence-corrected chi connectivity index (χ2v) is 7.17. The van der Waals surface area contributed by atoms with Crippen molar-refractivity contribution in [2.75, 3.05) is 18.5 Å². The molecule has 3 N–H and O–H groups in total. The predicted octanol–water partition coefficient (Wildman–Crippen LogP) is 4.02. The molecule has 5 heteroatoms. The van der Waals surface area contributed by atoms with E-state index in [4.69, 9.17) is 4.74 Å². The lowest BCUT2D eigenvalue weighted by Gasteiger charge is -2.27. The first-order chi connectivity index (χ1) is 13.6. The van der Waals surface area contributed by atoms with Gasteiger partial charge >= 0.3 is 0 Å². The van der Waals surface area contributed by atoms with Crippen LogP contribution in [0.2, 0.25) is 0 Å². The van der Waals surface area contributed by atoms with E-state index < -0.39 is 6.29 Å². The Labute approximate surface area is 164 Å². The molecule has 0 unspecified atom stereocenters. The van der Waals surface area contributed by atoms with Crippen LogP contribution in [-0.4, -0.2) is 28.3 Å². The highest BCUT2D eigenvalue weighted by Crippen LogP contribution is 2.37. The molecule has 3 aromatic rings. The number of pyridine rings is 1. The van der Waals surface area contributed by atoms with Crippen LogP contribution in [0.25, 0.3) is 11.1 Å². The van der Waals surface area contributed by atoms with Crippen molar-refractivity contribution in [1.29, 1.82) is 0 Å². The Morgan fingerprint density at radius 1 is 1.14 bits per heavy atom. The minimum atomic E-state index is -1.52. The van der Waals surface area contributed by atoms with Gasteiger partial charge < -0.3 is 20.3 Å². The predicted molar refractivity (Wildman–Crippen MR) is 109 cm³/mol. The number of aromatic nitrogens is 1. The molecule has 28 heavy (non-hydrogen) atoms. The van der Waals surface area contributed by atoms with Crippen LogP contribution in [-0.2, 0) is 0 Å². The Kier molecular flexibility index (Phi) is 5.28. The van der Waals surface area contributed by atoms with Gasteiger partial charge in [0.15, 0.2) is 6.29 Å². The van der Waals surface area contributed by atoms with Crippen molar-refractivity contribution < 1.29 is 14.9 Å². The van der Waals surface area contributed by atoms with E-state index in [1.54, 1.807) is 18.5 Å². The van der Waals surface area contributed by atoms with E-state index in [2.05, 4.69) is 59.7 Å². The Morgan fingerprint density at radius 3 is 2.82 bits per heavy atom. The molecule has 1 atom stereocenters. The quantitative estimate of drug-likeness (QED) is 0.587. The van der Waals surface area contributed by atoms with Gasteiger partial charge in [-0.1, -0.05) is 42.0 Å². The second kappa shape index (κ2) is 8.00. The molecule has 2 heterocycles. The molecule has 0 fully saturated rings. The van der Waals surface area contributed by atoms with Crippen molar-refractivity contribution in [3.63, 3.8) is 0 Å². The Balaban J connectivity index is 1.55. The molecule has 2 aromatic carbocycles. The molecule has 0 saturated heterocycles. The van der Waals surface area contributed by atoms with Gasteiger partial charge in [-0.2, -0.15) is 0 Å². The highest BCUT2D eigenvalue weighted by atomic mass is 16.5. The third kappa shape index (κ3) is 3.86. The van der Waals surface area contributed by atoms with Gasteiger partial charge in [0.2, 0.25) is 0 Å². The van der Waals surface area contributed by atoms with Gasteiger partial charge in [0.25, 0.3) is 0 Å². The number of rotatable bonds is 5. The molecule has 4 rings (SSSR count). The van der Waals surface area contributed by atoms with Crippen molar-refractivity contribution in [2.45, 2.75) is 25.6 Å². The zero-order valence-electron chi connectivity index (χ0n) is 15.8. The zero-order chi connectivity index (χ0) is 19.5. The molecule has 1 aromatic heterocycles. The van der Waals surface area contributed by atoms with E-state index in [0.717, 1.165) is 17.7 Å². The van der Waals surface area contributed by atoms with Crippen molar-refractivity contribution in [3.05, 3.63) is 77.6 Å². The van der Waals surface area contributed by atoms with Crippen LogP contribution in [0.5, 0.6) is 5.75 Å². The summed E-state index contributed by atoms with van der Waals surface area (Å²) < 4.78 is 5.94. The van der Waals surface area contributed by atoms with E-state index in [0.29, 0.717) is 24.4 Å². The number of aliphatic hydroxyl groups excluding tert-OH is 1. The van der Waals surface area contributed by atoms with Crippen molar-refractivity contribution in [3.8, 4) is 16.9 Å². The molecule has 1 aliphatic heterocycles. The van der Waals surface area contributed by atoms with Crippen LogP contribution in [0.4, 0.5) is 5.69 Å². The lowest BCUT2D eigenvalue weighted by atomic mass is 9.90. The van der Waals surface area contributed by atoms with Crippen molar-refractivity contribution in [1.82, 2.24) is 4.98 Å². The number of anilines is 1. The first kappa shape index (κ1) is 18.5. The lowest BCUT2D eigenvalue weighted by molar-refractivity contribution is -0.0419. The molecular weight excluding hydrogens is 352 g/mol. The molecule has 0 bridgehead atoms. The molecule has 0 radical (unpaired) electrons. The minimum Gasteiger partial charge on any atom is -0.493 e. The monoisotopic (exact) mass is 376 g/mol. The summed E-state index contributed by atoms with van der Waals surface area (Å²) in [5, 5.41) is 22.4. The smallest absolute Gasteiger partial charge is 0.180 e. The molecule has 0 amide bonds. The number of hydrogen-bond acceptors (Lipinski definition) is 5. The Morgan fingerprint density at radius 2 is 2.00 bits per heavy atom. The summed E-state index contributed by atoms with van der Waals surface area (Å²) in [4.78, 5) is 4.08. The fourth-order valence-corrected chi connectivity index (χ4v) is 3.69. The number of nitrogens with zero attached hydrogens (tertiary/aromatic N) is 1. The van der Waals surface area contributed by atoms with E-state index in [-0.39, 0.29) is 5.92 Å². The first-order valence-electron chi connectivity index (χ1n) is 9.49. The van der Waals surface area contributed by atoms with Gasteiger partial charge in [-0.05, 0) is 42.2 Å². The van der Waals surface area contributed by atoms with Gasteiger partial charge in [0.1, 0.15) is 5.75 Å². The van der Waals surface area contributed by atoms with E-state index in [9.17, 15) is 10.2 Å². The summed E-state index contributed by atoms with van der Waals surface area (Å²) in [6.45, 7) is 3.43. The van der Waals surface area contributed by atoms with Crippen LogP contribution < -0.4 is 10.1 Å². The van der Waals surface area contributed by atoms with E-state index in [1.807, 2.05) is 0 Å². The summed E-state index contributed by atoms with van der Waals surface area (Å²) in [6.07, 6.45) is 2.55. The average Bonchev–Trinajstić information content (AvgIpc) is 2.72. The van der Waals surface area contributed by atoms with Gasteiger partial charge in [-0.15, -0.1) is 0 Å². The third-order valence-corrected chi connectivity index (χ3v) is 5.20. The first-order valence-corrected chi connectivity index (χ1v) is 9.49. The molecule has 1 aliphatic rings. The number of aryl methyl sites for hydroxylation is 1. The SMILES string of the molecule is Cc1cccc(-c2ccc3c(c2)OCC[C@H]3CNc2cnccc2C(O)O)c1. The van der Waals surface area contributed by atoms with Crippen LogP contribution in [0.15, 0.2) is 60.9 Å². The van der Waals surface area contributed by atoms with Crippen LogP contribution >= 0.6 is 0 Å². The lowest BCUT2D eigenvalue weighted by Crippen LogP contribution is -2.21. The standard InChI is InChI=1S/C23H24N2O3/c1-15-3-2-4-16(11-15)17-5-6-19-18(8-10-28-22(19)12-17)13-25-21-14-24-9-7-20(21)23(26)27/h2-7,9,11-12,14,18,23,25-27H,8,10,13H2,1H3/t18-/m0/s1. The molecule has 144 valence electrons. The molecule has 0 spiro atoms. The fourth-order valence-electron chi connectivity index (χ4n) is 3.69. The maximum absolute atomic E-state index is 9.53. The van der Waals surface area contributed by atoms with Gasteiger partial charge in [0, 0.05) is 24.2 Å². The number of fused-ring (bicyclic) bond motifs is 1. The topological polar surface area (TPSA) is 74.6 Å². The summed E-state index contributed by atoms with van der Waals surface area (Å²) >= 11 is 0. The highest BCUT2D eigenvalue weighted by molar-refractivity contribution is 5.67. The zero-order valence-corrected chi connectivity index (χ0v) is 15.8. The third-order valence-electron chi connectivity index (χ3n) is 5.20. The van der Waals surface area contributed by atoms with E-state index in [1.165, 1.54) is 16.7 Å².